The van der Waals surface area contributed by atoms with Crippen LogP contribution in [0, 0.1) is 6.92 Å². The summed E-state index contributed by atoms with van der Waals surface area (Å²) in [5.74, 6) is 0.383. The van der Waals surface area contributed by atoms with Gasteiger partial charge in [0.05, 0.1) is 12.0 Å². The Kier molecular flexibility index (Phi) is 4.02. The lowest BCUT2D eigenvalue weighted by Crippen LogP contribution is -2.03. The minimum absolute atomic E-state index is 0.311. The summed E-state index contributed by atoms with van der Waals surface area (Å²) in [5.41, 5.74) is 1.78. The van der Waals surface area contributed by atoms with Crippen molar-refractivity contribution in [2.45, 2.75) is 13.8 Å². The molecule has 2 aromatic heterocycles. The highest BCUT2D eigenvalue weighted by Crippen LogP contribution is 2.34. The number of aryl methyl sites for hydroxylation is 1. The monoisotopic (exact) mass is 313 g/mol. The Labute approximate surface area is 132 Å². The van der Waals surface area contributed by atoms with Gasteiger partial charge in [-0.05, 0) is 31.5 Å². The summed E-state index contributed by atoms with van der Waals surface area (Å²) < 4.78 is 5.10. The standard InChI is InChI=1S/C16H15N3O2S/c1-3-21-16(20)13-10(2)12-14(17-9-18-15(12)22-13)19-11-7-5-4-6-8-11/h4-9H,3H2,1-2H3,(H,17,18,19). The van der Waals surface area contributed by atoms with Crippen molar-refractivity contribution >= 4 is 39.0 Å². The molecule has 0 radical (unpaired) electrons. The van der Waals surface area contributed by atoms with Crippen LogP contribution < -0.4 is 5.32 Å². The molecule has 1 N–H and O–H groups in total. The molecular weight excluding hydrogens is 298 g/mol. The Hall–Kier alpha value is -2.47. The fourth-order valence-electron chi connectivity index (χ4n) is 2.22. The summed E-state index contributed by atoms with van der Waals surface area (Å²) in [6.07, 6.45) is 1.50. The first kappa shape index (κ1) is 14.5. The summed E-state index contributed by atoms with van der Waals surface area (Å²) in [5, 5.41) is 4.14. The molecule has 22 heavy (non-hydrogen) atoms. The second-order valence-corrected chi connectivity index (χ2v) is 5.67. The number of hydrogen-bond donors (Lipinski definition) is 1. The van der Waals surface area contributed by atoms with Gasteiger partial charge in [-0.25, -0.2) is 14.8 Å². The highest BCUT2D eigenvalue weighted by molar-refractivity contribution is 7.20. The zero-order chi connectivity index (χ0) is 15.5. The van der Waals surface area contributed by atoms with Gasteiger partial charge in [0.1, 0.15) is 21.9 Å². The van der Waals surface area contributed by atoms with Gasteiger partial charge >= 0.3 is 5.97 Å². The maximum absolute atomic E-state index is 12.0. The van der Waals surface area contributed by atoms with Gasteiger partial charge in [0.2, 0.25) is 0 Å². The van der Waals surface area contributed by atoms with Crippen molar-refractivity contribution < 1.29 is 9.53 Å². The zero-order valence-corrected chi connectivity index (χ0v) is 13.1. The normalized spacial score (nSPS) is 10.6. The predicted molar refractivity (Wildman–Crippen MR) is 87.8 cm³/mol. The molecule has 3 rings (SSSR count). The maximum atomic E-state index is 12.0. The van der Waals surface area contributed by atoms with Crippen molar-refractivity contribution in [2.24, 2.45) is 0 Å². The van der Waals surface area contributed by atoms with Crippen LogP contribution in [-0.2, 0) is 4.74 Å². The number of thiophene rings is 1. The van der Waals surface area contributed by atoms with Crippen molar-refractivity contribution in [1.82, 2.24) is 9.97 Å². The van der Waals surface area contributed by atoms with Crippen LogP contribution >= 0.6 is 11.3 Å². The number of carbonyl (C=O) groups is 1. The second kappa shape index (κ2) is 6.11. The van der Waals surface area contributed by atoms with E-state index in [4.69, 9.17) is 4.74 Å². The van der Waals surface area contributed by atoms with Gasteiger partial charge < -0.3 is 10.1 Å². The SMILES string of the molecule is CCOC(=O)c1sc2ncnc(Nc3ccccc3)c2c1C. The summed E-state index contributed by atoms with van der Waals surface area (Å²) >= 11 is 1.33. The van der Waals surface area contributed by atoms with Crippen LogP contribution in [0.4, 0.5) is 11.5 Å². The molecule has 6 heteroatoms. The molecule has 3 aromatic rings. The predicted octanol–water partition coefficient (Wildman–Crippen LogP) is 3.92. The minimum Gasteiger partial charge on any atom is -0.462 e. The molecule has 0 fully saturated rings. The van der Waals surface area contributed by atoms with E-state index in [-0.39, 0.29) is 5.97 Å². The third-order valence-electron chi connectivity index (χ3n) is 3.22. The quantitative estimate of drug-likeness (QED) is 0.740. The number of rotatable bonds is 4. The van der Waals surface area contributed by atoms with E-state index >= 15 is 0 Å². The van der Waals surface area contributed by atoms with E-state index in [0.29, 0.717) is 17.3 Å². The molecule has 112 valence electrons. The molecule has 0 saturated heterocycles. The highest BCUT2D eigenvalue weighted by atomic mass is 32.1. The fraction of sp³-hybridized carbons (Fsp3) is 0.188. The molecule has 0 saturated carbocycles. The number of fused-ring (bicyclic) bond motifs is 1. The van der Waals surface area contributed by atoms with E-state index in [2.05, 4.69) is 15.3 Å². The largest absolute Gasteiger partial charge is 0.462 e. The molecule has 2 heterocycles. The number of nitrogens with one attached hydrogen (secondary N) is 1. The Morgan fingerprint density at radius 2 is 2.05 bits per heavy atom. The Morgan fingerprint density at radius 3 is 2.77 bits per heavy atom. The number of anilines is 2. The van der Waals surface area contributed by atoms with Crippen molar-refractivity contribution in [3.05, 3.63) is 47.1 Å². The molecule has 5 nitrogen and oxygen atoms in total. The molecule has 1 aromatic carbocycles. The van der Waals surface area contributed by atoms with E-state index in [1.807, 2.05) is 37.3 Å². The van der Waals surface area contributed by atoms with E-state index in [0.717, 1.165) is 21.5 Å². The molecular formula is C16H15N3O2S. The lowest BCUT2D eigenvalue weighted by Gasteiger charge is -2.07. The third kappa shape index (κ3) is 2.65. The van der Waals surface area contributed by atoms with Crippen molar-refractivity contribution in [1.29, 1.82) is 0 Å². The molecule has 0 aliphatic heterocycles. The number of carbonyl (C=O) groups excluding carboxylic acids is 1. The first-order chi connectivity index (χ1) is 10.7. The Balaban J connectivity index is 2.06. The first-order valence-corrected chi connectivity index (χ1v) is 7.75. The van der Waals surface area contributed by atoms with Gasteiger partial charge in [0.15, 0.2) is 0 Å². The van der Waals surface area contributed by atoms with E-state index in [9.17, 15) is 4.79 Å². The van der Waals surface area contributed by atoms with Gasteiger partial charge in [-0.15, -0.1) is 11.3 Å². The smallest absolute Gasteiger partial charge is 0.348 e. The lowest BCUT2D eigenvalue weighted by molar-refractivity contribution is 0.0531. The lowest BCUT2D eigenvalue weighted by atomic mass is 10.2. The molecule has 0 amide bonds. The Bertz CT molecular complexity index is 815. The van der Waals surface area contributed by atoms with Crippen molar-refractivity contribution in [2.75, 3.05) is 11.9 Å². The van der Waals surface area contributed by atoms with Crippen molar-refractivity contribution in [3.63, 3.8) is 0 Å². The van der Waals surface area contributed by atoms with Crippen LogP contribution in [0.25, 0.3) is 10.2 Å². The number of hydrogen-bond acceptors (Lipinski definition) is 6. The average molecular weight is 313 g/mol. The number of nitrogens with zero attached hydrogens (tertiary/aromatic N) is 2. The second-order valence-electron chi connectivity index (χ2n) is 4.67. The minimum atomic E-state index is -0.311. The summed E-state index contributed by atoms with van der Waals surface area (Å²) in [6.45, 7) is 4.04. The molecule has 0 atom stereocenters. The van der Waals surface area contributed by atoms with Gasteiger partial charge in [0, 0.05) is 5.69 Å². The fourth-order valence-corrected chi connectivity index (χ4v) is 3.26. The average Bonchev–Trinajstić information content (AvgIpc) is 2.87. The molecule has 0 spiro atoms. The van der Waals surface area contributed by atoms with Crippen LogP contribution in [0.1, 0.15) is 22.2 Å². The highest BCUT2D eigenvalue weighted by Gasteiger charge is 2.20. The van der Waals surface area contributed by atoms with E-state index in [1.54, 1.807) is 6.92 Å². The van der Waals surface area contributed by atoms with Crippen LogP contribution in [0.3, 0.4) is 0 Å². The third-order valence-corrected chi connectivity index (χ3v) is 4.40. The first-order valence-electron chi connectivity index (χ1n) is 6.94. The molecule has 0 aliphatic carbocycles. The number of benzene rings is 1. The van der Waals surface area contributed by atoms with Crippen LogP contribution in [-0.4, -0.2) is 22.5 Å². The summed E-state index contributed by atoms with van der Waals surface area (Å²) in [4.78, 5) is 22.0. The number of esters is 1. The van der Waals surface area contributed by atoms with Gasteiger partial charge in [-0.1, -0.05) is 18.2 Å². The van der Waals surface area contributed by atoms with E-state index in [1.165, 1.54) is 17.7 Å². The Morgan fingerprint density at radius 1 is 1.27 bits per heavy atom. The number of aromatic nitrogens is 2. The summed E-state index contributed by atoms with van der Waals surface area (Å²) in [6, 6.07) is 9.77. The number of para-hydroxylation sites is 1. The van der Waals surface area contributed by atoms with Gasteiger partial charge in [-0.2, -0.15) is 0 Å². The van der Waals surface area contributed by atoms with Crippen LogP contribution in [0.15, 0.2) is 36.7 Å². The molecule has 0 unspecified atom stereocenters. The molecule has 0 aliphatic rings. The zero-order valence-electron chi connectivity index (χ0n) is 12.3. The van der Waals surface area contributed by atoms with E-state index < -0.39 is 0 Å². The van der Waals surface area contributed by atoms with Gasteiger partial charge in [0.25, 0.3) is 0 Å². The van der Waals surface area contributed by atoms with Crippen molar-refractivity contribution in [3.8, 4) is 0 Å². The van der Waals surface area contributed by atoms with Gasteiger partial charge in [-0.3, -0.25) is 0 Å². The number of ether oxygens (including phenoxy) is 1. The van der Waals surface area contributed by atoms with Crippen LogP contribution in [0.5, 0.6) is 0 Å². The van der Waals surface area contributed by atoms with Crippen LogP contribution in [0.2, 0.25) is 0 Å². The topological polar surface area (TPSA) is 64.1 Å². The summed E-state index contributed by atoms with van der Waals surface area (Å²) in [7, 11) is 0. The molecule has 0 bridgehead atoms. The maximum Gasteiger partial charge on any atom is 0.348 e.